The van der Waals surface area contributed by atoms with E-state index in [4.69, 9.17) is 0 Å². The van der Waals surface area contributed by atoms with Crippen molar-refractivity contribution in [1.29, 1.82) is 0 Å². The van der Waals surface area contributed by atoms with Gasteiger partial charge in [0.1, 0.15) is 5.75 Å². The third-order valence-corrected chi connectivity index (χ3v) is 2.31. The maximum absolute atomic E-state index is 9.19. The lowest BCUT2D eigenvalue weighted by molar-refractivity contribution is 0.470. The molecule has 1 saturated heterocycles. The number of phenols is 1. The summed E-state index contributed by atoms with van der Waals surface area (Å²) >= 11 is 0. The molecular formula is C13H20N2O. The molecule has 0 unspecified atom stereocenters. The van der Waals surface area contributed by atoms with Crippen LogP contribution in [0.1, 0.15) is 5.56 Å². The summed E-state index contributed by atoms with van der Waals surface area (Å²) in [5.74, 6) is 0.349. The van der Waals surface area contributed by atoms with Crippen molar-refractivity contribution in [2.75, 3.05) is 26.2 Å². The Kier molecular flexibility index (Phi) is 6.30. The summed E-state index contributed by atoms with van der Waals surface area (Å²) in [6, 6.07) is 7.27. The first-order valence-corrected chi connectivity index (χ1v) is 5.64. The van der Waals surface area contributed by atoms with Gasteiger partial charge in [-0.2, -0.15) is 0 Å². The highest BCUT2D eigenvalue weighted by Gasteiger charge is 1.93. The molecule has 16 heavy (non-hydrogen) atoms. The molecule has 1 aromatic carbocycles. The van der Waals surface area contributed by atoms with E-state index in [9.17, 15) is 5.11 Å². The van der Waals surface area contributed by atoms with E-state index in [-0.39, 0.29) is 0 Å². The van der Waals surface area contributed by atoms with Crippen molar-refractivity contribution in [1.82, 2.24) is 10.6 Å². The molecule has 0 saturated carbocycles. The summed E-state index contributed by atoms with van der Waals surface area (Å²) in [5, 5.41) is 15.6. The molecule has 88 valence electrons. The van der Waals surface area contributed by atoms with Crippen molar-refractivity contribution in [3.05, 3.63) is 42.5 Å². The van der Waals surface area contributed by atoms with Crippen LogP contribution < -0.4 is 10.6 Å². The molecule has 1 aliphatic rings. The molecule has 0 bridgehead atoms. The van der Waals surface area contributed by atoms with Crippen LogP contribution in [0.5, 0.6) is 5.75 Å². The van der Waals surface area contributed by atoms with E-state index in [0.29, 0.717) is 5.75 Å². The molecule has 1 heterocycles. The first-order valence-electron chi connectivity index (χ1n) is 5.64. The summed E-state index contributed by atoms with van der Waals surface area (Å²) in [6.45, 7) is 8.14. The Morgan fingerprint density at radius 2 is 1.69 bits per heavy atom. The highest BCUT2D eigenvalue weighted by molar-refractivity contribution is 5.32. The number of nitrogens with one attached hydrogen (secondary N) is 2. The van der Waals surface area contributed by atoms with Gasteiger partial charge in [0.05, 0.1) is 0 Å². The lowest BCUT2D eigenvalue weighted by atomic mass is 10.1. The molecule has 0 amide bonds. The summed E-state index contributed by atoms with van der Waals surface area (Å²) in [7, 11) is 0. The summed E-state index contributed by atoms with van der Waals surface area (Å²) in [5.41, 5.74) is 0.928. The fourth-order valence-electron chi connectivity index (χ4n) is 1.44. The van der Waals surface area contributed by atoms with Crippen molar-refractivity contribution < 1.29 is 5.11 Å². The highest BCUT2D eigenvalue weighted by Crippen LogP contribution is 2.15. The van der Waals surface area contributed by atoms with E-state index in [0.717, 1.165) is 38.2 Å². The van der Waals surface area contributed by atoms with Crippen molar-refractivity contribution in [2.45, 2.75) is 6.42 Å². The van der Waals surface area contributed by atoms with Gasteiger partial charge >= 0.3 is 0 Å². The van der Waals surface area contributed by atoms with Gasteiger partial charge in [-0.15, -0.1) is 6.58 Å². The van der Waals surface area contributed by atoms with Crippen LogP contribution in [0.3, 0.4) is 0 Å². The molecular weight excluding hydrogens is 200 g/mol. The maximum Gasteiger partial charge on any atom is 0.119 e. The summed E-state index contributed by atoms with van der Waals surface area (Å²) in [6.07, 6.45) is 2.50. The maximum atomic E-state index is 9.19. The average Bonchev–Trinajstić information content (AvgIpc) is 2.35. The quantitative estimate of drug-likeness (QED) is 0.658. The van der Waals surface area contributed by atoms with Gasteiger partial charge in [0, 0.05) is 26.2 Å². The number of hydrogen-bond donors (Lipinski definition) is 3. The van der Waals surface area contributed by atoms with Crippen LogP contribution in [0.25, 0.3) is 0 Å². The Labute approximate surface area is 97.2 Å². The fraction of sp³-hybridized carbons (Fsp3) is 0.385. The van der Waals surface area contributed by atoms with Crippen LogP contribution in [0.15, 0.2) is 36.9 Å². The van der Waals surface area contributed by atoms with E-state index in [2.05, 4.69) is 17.2 Å². The van der Waals surface area contributed by atoms with Crippen LogP contribution in [0.4, 0.5) is 0 Å². The number of phenolic OH excluding ortho intramolecular Hbond substituents is 1. The average molecular weight is 220 g/mol. The number of para-hydroxylation sites is 1. The van der Waals surface area contributed by atoms with Gasteiger partial charge in [0.15, 0.2) is 0 Å². The molecule has 3 N–H and O–H groups in total. The summed E-state index contributed by atoms with van der Waals surface area (Å²) < 4.78 is 0. The second-order valence-electron chi connectivity index (χ2n) is 3.62. The van der Waals surface area contributed by atoms with Crippen LogP contribution in [-0.4, -0.2) is 31.3 Å². The third-order valence-electron chi connectivity index (χ3n) is 2.31. The lowest BCUT2D eigenvalue weighted by Crippen LogP contribution is -2.39. The predicted octanol–water partition coefficient (Wildman–Crippen LogP) is 1.30. The Balaban J connectivity index is 0.000000181. The lowest BCUT2D eigenvalue weighted by Gasteiger charge is -2.11. The molecule has 0 atom stereocenters. The molecule has 2 rings (SSSR count). The first-order chi connectivity index (χ1) is 7.84. The fourth-order valence-corrected chi connectivity index (χ4v) is 1.44. The standard InChI is InChI=1S/C9H10O.C4H10N2/c1-2-5-8-6-3-4-7-9(8)10;1-2-6-4-3-5-1/h2-4,6-7,10H,1,5H2;5-6H,1-4H2. The topological polar surface area (TPSA) is 44.3 Å². The minimum atomic E-state index is 0.349. The second-order valence-corrected chi connectivity index (χ2v) is 3.62. The van der Waals surface area contributed by atoms with E-state index in [1.807, 2.05) is 18.2 Å². The van der Waals surface area contributed by atoms with Crippen LogP contribution in [-0.2, 0) is 6.42 Å². The van der Waals surface area contributed by atoms with E-state index in [1.54, 1.807) is 12.1 Å². The van der Waals surface area contributed by atoms with Gasteiger partial charge in [-0.1, -0.05) is 24.3 Å². The van der Waals surface area contributed by atoms with Crippen LogP contribution in [0.2, 0.25) is 0 Å². The van der Waals surface area contributed by atoms with Gasteiger partial charge in [-0.25, -0.2) is 0 Å². The molecule has 1 aliphatic heterocycles. The largest absolute Gasteiger partial charge is 0.508 e. The van der Waals surface area contributed by atoms with E-state index < -0.39 is 0 Å². The Morgan fingerprint density at radius 3 is 2.12 bits per heavy atom. The zero-order valence-electron chi connectivity index (χ0n) is 9.58. The zero-order valence-corrected chi connectivity index (χ0v) is 9.58. The van der Waals surface area contributed by atoms with Crippen molar-refractivity contribution in [2.24, 2.45) is 0 Å². The Morgan fingerprint density at radius 1 is 1.12 bits per heavy atom. The van der Waals surface area contributed by atoms with E-state index in [1.165, 1.54) is 0 Å². The first kappa shape index (κ1) is 12.7. The van der Waals surface area contributed by atoms with Gasteiger partial charge in [0.2, 0.25) is 0 Å². The molecule has 0 radical (unpaired) electrons. The molecule has 3 nitrogen and oxygen atoms in total. The number of allylic oxidation sites excluding steroid dienone is 1. The Hall–Kier alpha value is -1.32. The number of piperazine rings is 1. The molecule has 0 aliphatic carbocycles. The predicted molar refractivity (Wildman–Crippen MR) is 67.7 cm³/mol. The van der Waals surface area contributed by atoms with E-state index >= 15 is 0 Å². The molecule has 0 aromatic heterocycles. The van der Waals surface area contributed by atoms with Gasteiger partial charge < -0.3 is 15.7 Å². The minimum absolute atomic E-state index is 0.349. The normalized spacial score (nSPS) is 14.8. The van der Waals surface area contributed by atoms with Crippen LogP contribution in [0, 0.1) is 0 Å². The van der Waals surface area contributed by atoms with Crippen LogP contribution >= 0.6 is 0 Å². The minimum Gasteiger partial charge on any atom is -0.508 e. The van der Waals surface area contributed by atoms with Gasteiger partial charge in [-0.3, -0.25) is 0 Å². The summed E-state index contributed by atoms with van der Waals surface area (Å²) in [4.78, 5) is 0. The van der Waals surface area contributed by atoms with Crippen molar-refractivity contribution in [3.63, 3.8) is 0 Å². The second kappa shape index (κ2) is 7.91. The number of hydrogen-bond acceptors (Lipinski definition) is 3. The molecule has 3 heteroatoms. The van der Waals surface area contributed by atoms with Crippen molar-refractivity contribution >= 4 is 0 Å². The number of aromatic hydroxyl groups is 1. The SMILES string of the molecule is C1CNCCN1.C=CCc1ccccc1O. The number of rotatable bonds is 2. The molecule has 1 fully saturated rings. The third kappa shape index (κ3) is 4.96. The monoisotopic (exact) mass is 220 g/mol. The smallest absolute Gasteiger partial charge is 0.119 e. The highest BCUT2D eigenvalue weighted by atomic mass is 16.3. The Bertz CT molecular complexity index is 297. The molecule has 1 aromatic rings. The van der Waals surface area contributed by atoms with Gasteiger partial charge in [-0.05, 0) is 18.1 Å². The number of benzene rings is 1. The zero-order chi connectivity index (χ0) is 11.6. The van der Waals surface area contributed by atoms with Crippen molar-refractivity contribution in [3.8, 4) is 5.75 Å². The molecule has 0 spiro atoms. The van der Waals surface area contributed by atoms with Gasteiger partial charge in [0.25, 0.3) is 0 Å².